The molecule has 1 aliphatic carbocycles. The molecule has 1 fully saturated rings. The molecule has 0 heterocycles. The fourth-order valence-electron chi connectivity index (χ4n) is 1.69. The molecule has 0 aliphatic heterocycles. The molecule has 100 valence electrons. The Hall–Kier alpha value is -1.11. The lowest BCUT2D eigenvalue weighted by Gasteiger charge is -2.11. The van der Waals surface area contributed by atoms with Crippen molar-refractivity contribution in [1.29, 1.82) is 0 Å². The van der Waals surface area contributed by atoms with E-state index in [1.165, 1.54) is 13.2 Å². The lowest BCUT2D eigenvalue weighted by molar-refractivity contribution is 0.401. The first-order chi connectivity index (χ1) is 8.56. The molecule has 1 aliphatic rings. The quantitative estimate of drug-likeness (QED) is 0.802. The lowest BCUT2D eigenvalue weighted by Crippen LogP contribution is -2.26. The number of methoxy groups -OCH3 is 1. The minimum absolute atomic E-state index is 0.169. The van der Waals surface area contributed by atoms with Gasteiger partial charge in [-0.3, -0.25) is 0 Å². The summed E-state index contributed by atoms with van der Waals surface area (Å²) in [5.74, 6) is 0.829. The van der Waals surface area contributed by atoms with Crippen LogP contribution in [0, 0.1) is 5.92 Å². The molecule has 0 unspecified atom stereocenters. The lowest BCUT2D eigenvalue weighted by atomic mass is 10.2. The topological polar surface area (TPSA) is 81.4 Å². The average Bonchev–Trinajstić information content (AvgIpc) is 3.19. The van der Waals surface area contributed by atoms with Crippen molar-refractivity contribution in [3.05, 3.63) is 23.8 Å². The van der Waals surface area contributed by atoms with E-state index >= 15 is 0 Å². The summed E-state index contributed by atoms with van der Waals surface area (Å²) >= 11 is 0. The molecule has 0 radical (unpaired) electrons. The highest BCUT2D eigenvalue weighted by Gasteiger charge is 2.25. The largest absolute Gasteiger partial charge is 0.495 e. The Morgan fingerprint density at radius 2 is 2.17 bits per heavy atom. The van der Waals surface area contributed by atoms with Gasteiger partial charge in [-0.05, 0) is 36.5 Å². The van der Waals surface area contributed by atoms with Crippen molar-refractivity contribution in [2.75, 3.05) is 13.7 Å². The third kappa shape index (κ3) is 3.01. The summed E-state index contributed by atoms with van der Waals surface area (Å²) in [7, 11) is -2.04. The van der Waals surface area contributed by atoms with Crippen LogP contribution in [0.3, 0.4) is 0 Å². The molecular formula is C12H18N2O3S. The molecule has 0 saturated heterocycles. The highest BCUT2D eigenvalue weighted by molar-refractivity contribution is 7.89. The van der Waals surface area contributed by atoms with E-state index in [4.69, 9.17) is 10.5 Å². The molecule has 1 aromatic rings. The van der Waals surface area contributed by atoms with E-state index < -0.39 is 10.0 Å². The van der Waals surface area contributed by atoms with Crippen LogP contribution in [0.5, 0.6) is 5.75 Å². The number of rotatable bonds is 6. The minimum Gasteiger partial charge on any atom is -0.495 e. The van der Waals surface area contributed by atoms with Gasteiger partial charge in [-0.2, -0.15) is 0 Å². The summed E-state index contributed by atoms with van der Waals surface area (Å²) in [6.45, 7) is 0.857. The molecule has 3 N–H and O–H groups in total. The van der Waals surface area contributed by atoms with Crippen molar-refractivity contribution in [2.45, 2.75) is 24.3 Å². The van der Waals surface area contributed by atoms with Crippen molar-refractivity contribution < 1.29 is 13.2 Å². The Labute approximate surface area is 107 Å². The van der Waals surface area contributed by atoms with E-state index in [9.17, 15) is 8.42 Å². The highest BCUT2D eigenvalue weighted by Crippen LogP contribution is 2.29. The third-order valence-corrected chi connectivity index (χ3v) is 4.48. The summed E-state index contributed by atoms with van der Waals surface area (Å²) in [6.07, 6.45) is 2.21. The van der Waals surface area contributed by atoms with E-state index in [2.05, 4.69) is 4.72 Å². The van der Waals surface area contributed by atoms with Gasteiger partial charge in [0.15, 0.2) is 0 Å². The van der Waals surface area contributed by atoms with Gasteiger partial charge in [-0.15, -0.1) is 0 Å². The molecule has 0 aromatic heterocycles. The Bertz CT molecular complexity index is 524. The van der Waals surface area contributed by atoms with Gasteiger partial charge < -0.3 is 10.5 Å². The fraction of sp³-hybridized carbons (Fsp3) is 0.500. The number of benzene rings is 1. The van der Waals surface area contributed by atoms with Gasteiger partial charge in [0, 0.05) is 13.1 Å². The minimum atomic E-state index is -3.50. The molecule has 0 amide bonds. The maximum atomic E-state index is 12.1. The second-order valence-corrected chi connectivity index (χ2v) is 6.22. The fourth-order valence-corrected chi connectivity index (χ4v) is 2.95. The molecule has 1 aromatic carbocycles. The van der Waals surface area contributed by atoms with Crippen LogP contribution in [-0.4, -0.2) is 22.1 Å². The maximum Gasteiger partial charge on any atom is 0.244 e. The number of nitrogens with one attached hydrogen (secondary N) is 1. The summed E-state index contributed by atoms with van der Waals surface area (Å²) in [4.78, 5) is 0.169. The highest BCUT2D eigenvalue weighted by atomic mass is 32.2. The number of hydrogen-bond acceptors (Lipinski definition) is 4. The Balaban J connectivity index is 2.24. The van der Waals surface area contributed by atoms with Gasteiger partial charge in [0.1, 0.15) is 10.6 Å². The molecular weight excluding hydrogens is 252 g/mol. The van der Waals surface area contributed by atoms with Crippen LogP contribution < -0.4 is 15.2 Å². The molecule has 6 heteroatoms. The van der Waals surface area contributed by atoms with Crippen LogP contribution in [0.2, 0.25) is 0 Å². The number of nitrogens with two attached hydrogens (primary N) is 1. The smallest absolute Gasteiger partial charge is 0.244 e. The Morgan fingerprint density at radius 1 is 1.44 bits per heavy atom. The van der Waals surface area contributed by atoms with Gasteiger partial charge in [0.2, 0.25) is 10.0 Å². The molecule has 0 bridgehead atoms. The number of ether oxygens (including phenoxy) is 1. The summed E-state index contributed by atoms with van der Waals surface area (Å²) in [6, 6.07) is 4.90. The molecule has 0 spiro atoms. The van der Waals surface area contributed by atoms with Crippen molar-refractivity contribution in [3.63, 3.8) is 0 Å². The number of hydrogen-bond donors (Lipinski definition) is 2. The molecule has 1 saturated carbocycles. The van der Waals surface area contributed by atoms with E-state index in [1.807, 2.05) is 0 Å². The Morgan fingerprint density at radius 3 is 2.72 bits per heavy atom. The Kier molecular flexibility index (Phi) is 3.89. The van der Waals surface area contributed by atoms with Gasteiger partial charge >= 0.3 is 0 Å². The predicted molar refractivity (Wildman–Crippen MR) is 68.8 cm³/mol. The first-order valence-electron chi connectivity index (χ1n) is 5.93. The van der Waals surface area contributed by atoms with Crippen LogP contribution in [0.25, 0.3) is 0 Å². The third-order valence-electron chi connectivity index (χ3n) is 3.01. The number of sulfonamides is 1. The monoisotopic (exact) mass is 270 g/mol. The van der Waals surface area contributed by atoms with E-state index in [0.717, 1.165) is 18.4 Å². The van der Waals surface area contributed by atoms with Gasteiger partial charge in [0.25, 0.3) is 0 Å². The zero-order valence-corrected chi connectivity index (χ0v) is 11.2. The second-order valence-electron chi connectivity index (χ2n) is 4.48. The SMILES string of the molecule is COc1cc(CN)ccc1S(=O)(=O)NCC1CC1. The van der Waals surface area contributed by atoms with E-state index in [0.29, 0.717) is 24.8 Å². The maximum absolute atomic E-state index is 12.1. The standard InChI is InChI=1S/C12H18N2O3S/c1-17-11-6-10(7-13)4-5-12(11)18(15,16)14-8-9-2-3-9/h4-6,9,14H,2-3,7-8,13H2,1H3. The van der Waals surface area contributed by atoms with Crippen LogP contribution in [-0.2, 0) is 16.6 Å². The first-order valence-corrected chi connectivity index (χ1v) is 7.42. The predicted octanol–water partition coefficient (Wildman–Crippen LogP) is 0.842. The normalized spacial score (nSPS) is 15.7. The molecule has 5 nitrogen and oxygen atoms in total. The van der Waals surface area contributed by atoms with E-state index in [-0.39, 0.29) is 4.90 Å². The zero-order valence-electron chi connectivity index (χ0n) is 10.3. The van der Waals surface area contributed by atoms with Crippen LogP contribution in [0.15, 0.2) is 23.1 Å². The van der Waals surface area contributed by atoms with Gasteiger partial charge in [-0.25, -0.2) is 13.1 Å². The molecule has 18 heavy (non-hydrogen) atoms. The van der Waals surface area contributed by atoms with Crippen LogP contribution in [0.1, 0.15) is 18.4 Å². The average molecular weight is 270 g/mol. The molecule has 0 atom stereocenters. The summed E-state index contributed by atoms with van der Waals surface area (Å²) in [5, 5.41) is 0. The van der Waals surface area contributed by atoms with Crippen LogP contribution >= 0.6 is 0 Å². The van der Waals surface area contributed by atoms with Crippen molar-refractivity contribution in [1.82, 2.24) is 4.72 Å². The van der Waals surface area contributed by atoms with E-state index in [1.54, 1.807) is 12.1 Å². The van der Waals surface area contributed by atoms with Crippen molar-refractivity contribution in [2.24, 2.45) is 11.7 Å². The first kappa shape index (κ1) is 13.3. The second kappa shape index (κ2) is 5.26. The van der Waals surface area contributed by atoms with Crippen LogP contribution in [0.4, 0.5) is 0 Å². The molecule has 2 rings (SSSR count). The van der Waals surface area contributed by atoms with Crippen molar-refractivity contribution >= 4 is 10.0 Å². The zero-order chi connectivity index (χ0) is 13.2. The van der Waals surface area contributed by atoms with Crippen molar-refractivity contribution in [3.8, 4) is 5.75 Å². The van der Waals surface area contributed by atoms with Gasteiger partial charge in [0.05, 0.1) is 7.11 Å². The summed E-state index contributed by atoms with van der Waals surface area (Å²) < 4.78 is 32.0. The summed E-state index contributed by atoms with van der Waals surface area (Å²) in [5.41, 5.74) is 6.36. The van der Waals surface area contributed by atoms with Gasteiger partial charge in [-0.1, -0.05) is 6.07 Å².